The highest BCUT2D eigenvalue weighted by atomic mass is 19.3. The van der Waals surface area contributed by atoms with Gasteiger partial charge in [0.2, 0.25) is 0 Å². The number of hydrogen-bond acceptors (Lipinski definition) is 4. The fourth-order valence-electron chi connectivity index (χ4n) is 2.79. The number of benzene rings is 1. The number of carbonyl (C=O) groups is 1. The van der Waals surface area contributed by atoms with Gasteiger partial charge in [-0.3, -0.25) is 4.79 Å². The number of aromatic nitrogens is 3. The van der Waals surface area contributed by atoms with E-state index in [-0.39, 0.29) is 11.7 Å². The van der Waals surface area contributed by atoms with Crippen LogP contribution >= 0.6 is 0 Å². The Hall–Kier alpha value is -2.51. The van der Waals surface area contributed by atoms with E-state index >= 15 is 0 Å². The average molecular weight is 336 g/mol. The molecular formula is C16H18F2N4O2. The van der Waals surface area contributed by atoms with E-state index in [4.69, 9.17) is 0 Å². The molecule has 1 saturated heterocycles. The Kier molecular flexibility index (Phi) is 4.73. The van der Waals surface area contributed by atoms with Gasteiger partial charge in [0.05, 0.1) is 11.4 Å². The van der Waals surface area contributed by atoms with Crippen molar-refractivity contribution in [3.8, 4) is 11.4 Å². The number of amides is 1. The molecule has 2 aromatic rings. The average Bonchev–Trinajstić information content (AvgIpc) is 2.97. The van der Waals surface area contributed by atoms with Crippen LogP contribution in [0.2, 0.25) is 0 Å². The van der Waals surface area contributed by atoms with Crippen LogP contribution in [0.1, 0.15) is 35.4 Å². The van der Waals surface area contributed by atoms with Gasteiger partial charge in [-0.2, -0.15) is 8.78 Å². The van der Waals surface area contributed by atoms with Crippen LogP contribution in [0, 0.1) is 6.92 Å². The molecule has 0 unspecified atom stereocenters. The maximum absolute atomic E-state index is 12.5. The number of halogens is 2. The lowest BCUT2D eigenvalue weighted by Crippen LogP contribution is -2.36. The fourth-order valence-corrected chi connectivity index (χ4v) is 2.79. The number of likely N-dealkylation sites (tertiary alicyclic amines) is 1. The van der Waals surface area contributed by atoms with Gasteiger partial charge in [-0.15, -0.1) is 5.10 Å². The van der Waals surface area contributed by atoms with Crippen molar-refractivity contribution in [3.63, 3.8) is 0 Å². The summed E-state index contributed by atoms with van der Waals surface area (Å²) in [5.74, 6) is -0.0489. The SMILES string of the molecule is Cc1c(C(=O)N2CCCCC2)nnn1-c1ccc(OC(F)F)cc1. The van der Waals surface area contributed by atoms with Crippen LogP contribution in [0.25, 0.3) is 5.69 Å². The zero-order chi connectivity index (χ0) is 17.1. The van der Waals surface area contributed by atoms with Gasteiger partial charge in [0.1, 0.15) is 5.75 Å². The molecule has 0 bridgehead atoms. The second-order valence-corrected chi connectivity index (χ2v) is 5.66. The van der Waals surface area contributed by atoms with E-state index in [9.17, 15) is 13.6 Å². The van der Waals surface area contributed by atoms with Crippen LogP contribution in [-0.2, 0) is 0 Å². The number of piperidine rings is 1. The lowest BCUT2D eigenvalue weighted by Gasteiger charge is -2.25. The molecule has 1 aliphatic heterocycles. The van der Waals surface area contributed by atoms with Crippen molar-refractivity contribution in [2.75, 3.05) is 13.1 Å². The van der Waals surface area contributed by atoms with Crippen molar-refractivity contribution >= 4 is 5.91 Å². The van der Waals surface area contributed by atoms with E-state index in [1.54, 1.807) is 24.0 Å². The van der Waals surface area contributed by atoms with Crippen LogP contribution in [0.4, 0.5) is 8.78 Å². The van der Waals surface area contributed by atoms with E-state index in [1.807, 2.05) is 0 Å². The van der Waals surface area contributed by atoms with E-state index in [0.717, 1.165) is 32.4 Å². The summed E-state index contributed by atoms with van der Waals surface area (Å²) in [5, 5.41) is 8.03. The van der Waals surface area contributed by atoms with Gasteiger partial charge >= 0.3 is 6.61 Å². The van der Waals surface area contributed by atoms with Crippen molar-refractivity contribution in [2.24, 2.45) is 0 Å². The summed E-state index contributed by atoms with van der Waals surface area (Å²) in [5.41, 5.74) is 1.57. The summed E-state index contributed by atoms with van der Waals surface area (Å²) in [6, 6.07) is 6.03. The second-order valence-electron chi connectivity index (χ2n) is 5.66. The number of carbonyl (C=O) groups excluding carboxylic acids is 1. The number of alkyl halides is 2. The molecule has 0 radical (unpaired) electrons. The third-order valence-electron chi connectivity index (χ3n) is 4.05. The minimum Gasteiger partial charge on any atom is -0.435 e. The number of nitrogens with zero attached hydrogens (tertiary/aromatic N) is 4. The molecule has 24 heavy (non-hydrogen) atoms. The largest absolute Gasteiger partial charge is 0.435 e. The first-order valence-corrected chi connectivity index (χ1v) is 7.83. The Morgan fingerprint density at radius 1 is 1.17 bits per heavy atom. The van der Waals surface area contributed by atoms with Gasteiger partial charge in [0, 0.05) is 13.1 Å². The highest BCUT2D eigenvalue weighted by Gasteiger charge is 2.24. The quantitative estimate of drug-likeness (QED) is 0.861. The van der Waals surface area contributed by atoms with E-state index in [2.05, 4.69) is 15.0 Å². The highest BCUT2D eigenvalue weighted by Crippen LogP contribution is 2.20. The zero-order valence-corrected chi connectivity index (χ0v) is 13.3. The summed E-state index contributed by atoms with van der Waals surface area (Å²) < 4.78 is 30.2. The normalized spacial score (nSPS) is 14.9. The molecule has 0 atom stereocenters. The molecule has 0 aliphatic carbocycles. The predicted molar refractivity (Wildman–Crippen MR) is 82.5 cm³/mol. The van der Waals surface area contributed by atoms with Crippen molar-refractivity contribution in [1.82, 2.24) is 19.9 Å². The van der Waals surface area contributed by atoms with Gasteiger partial charge in [-0.25, -0.2) is 4.68 Å². The molecule has 1 amide bonds. The van der Waals surface area contributed by atoms with Crippen molar-refractivity contribution in [3.05, 3.63) is 35.7 Å². The minimum absolute atomic E-state index is 0.0659. The summed E-state index contributed by atoms with van der Waals surface area (Å²) in [7, 11) is 0. The van der Waals surface area contributed by atoms with Gasteiger partial charge < -0.3 is 9.64 Å². The maximum atomic E-state index is 12.5. The maximum Gasteiger partial charge on any atom is 0.387 e. The van der Waals surface area contributed by atoms with Crippen LogP contribution in [0.15, 0.2) is 24.3 Å². The molecule has 6 nitrogen and oxygen atoms in total. The summed E-state index contributed by atoms with van der Waals surface area (Å²) >= 11 is 0. The van der Waals surface area contributed by atoms with Crippen molar-refractivity contribution < 1.29 is 18.3 Å². The standard InChI is InChI=1S/C16H18F2N4O2/c1-11-14(15(23)21-9-3-2-4-10-21)19-20-22(11)12-5-7-13(8-6-12)24-16(17)18/h5-8,16H,2-4,9-10H2,1H3. The van der Waals surface area contributed by atoms with Gasteiger partial charge in [-0.05, 0) is 50.5 Å². The van der Waals surface area contributed by atoms with E-state index in [0.29, 0.717) is 17.1 Å². The number of hydrogen-bond donors (Lipinski definition) is 0. The topological polar surface area (TPSA) is 60.2 Å². The van der Waals surface area contributed by atoms with Gasteiger partial charge in [0.15, 0.2) is 5.69 Å². The first-order valence-electron chi connectivity index (χ1n) is 7.83. The molecule has 3 rings (SSSR count). The molecule has 0 spiro atoms. The number of rotatable bonds is 4. The monoisotopic (exact) mass is 336 g/mol. The lowest BCUT2D eigenvalue weighted by molar-refractivity contribution is -0.0498. The van der Waals surface area contributed by atoms with Crippen LogP contribution in [-0.4, -0.2) is 45.5 Å². The Morgan fingerprint density at radius 2 is 1.83 bits per heavy atom. The van der Waals surface area contributed by atoms with Crippen molar-refractivity contribution in [2.45, 2.75) is 32.8 Å². The first-order chi connectivity index (χ1) is 11.6. The summed E-state index contributed by atoms with van der Waals surface area (Å²) in [6.45, 7) is 0.383. The molecule has 8 heteroatoms. The molecule has 1 aliphatic rings. The second kappa shape index (κ2) is 6.94. The third-order valence-corrected chi connectivity index (χ3v) is 4.05. The molecule has 1 fully saturated rings. The van der Waals surface area contributed by atoms with Crippen LogP contribution in [0.3, 0.4) is 0 Å². The Morgan fingerprint density at radius 3 is 2.46 bits per heavy atom. The fraction of sp³-hybridized carbons (Fsp3) is 0.438. The molecule has 0 N–H and O–H groups in total. The molecule has 2 heterocycles. The van der Waals surface area contributed by atoms with E-state index in [1.165, 1.54) is 16.8 Å². The molecular weight excluding hydrogens is 318 g/mol. The van der Waals surface area contributed by atoms with Crippen LogP contribution in [0.5, 0.6) is 5.75 Å². The predicted octanol–water partition coefficient (Wildman–Crippen LogP) is 2.80. The van der Waals surface area contributed by atoms with E-state index < -0.39 is 6.61 Å². The van der Waals surface area contributed by atoms with Gasteiger partial charge in [-0.1, -0.05) is 5.21 Å². The zero-order valence-electron chi connectivity index (χ0n) is 13.3. The third kappa shape index (κ3) is 3.37. The first kappa shape index (κ1) is 16.4. The summed E-state index contributed by atoms with van der Waals surface area (Å²) in [4.78, 5) is 14.3. The lowest BCUT2D eigenvalue weighted by atomic mass is 10.1. The molecule has 1 aromatic heterocycles. The summed E-state index contributed by atoms with van der Waals surface area (Å²) in [6.07, 6.45) is 3.15. The Bertz CT molecular complexity index is 709. The Labute approximate surface area is 138 Å². The van der Waals surface area contributed by atoms with Crippen molar-refractivity contribution in [1.29, 1.82) is 0 Å². The van der Waals surface area contributed by atoms with Gasteiger partial charge in [0.25, 0.3) is 5.91 Å². The molecule has 1 aromatic carbocycles. The smallest absolute Gasteiger partial charge is 0.387 e. The highest BCUT2D eigenvalue weighted by molar-refractivity contribution is 5.93. The molecule has 128 valence electrons. The van der Waals surface area contributed by atoms with Crippen LogP contribution < -0.4 is 4.74 Å². The molecule has 0 saturated carbocycles. The minimum atomic E-state index is -2.86. The Balaban J connectivity index is 1.80. The number of ether oxygens (including phenoxy) is 1.